The SMILES string of the molecule is CCn1cc(/C=C(\NC(=O)c2ccccc2Cl)C(=O)NCCc2ccc(OC)c(OC)c2)c2ccccc21. The maximum absolute atomic E-state index is 13.3. The van der Waals surface area contributed by atoms with Crippen LogP contribution >= 0.6 is 11.6 Å². The van der Waals surface area contributed by atoms with Crippen molar-refractivity contribution >= 4 is 40.4 Å². The highest BCUT2D eigenvalue weighted by atomic mass is 35.5. The van der Waals surface area contributed by atoms with Crippen molar-refractivity contribution in [1.82, 2.24) is 15.2 Å². The molecule has 0 unspecified atom stereocenters. The molecule has 8 heteroatoms. The van der Waals surface area contributed by atoms with Gasteiger partial charge in [0, 0.05) is 35.8 Å². The van der Waals surface area contributed by atoms with E-state index in [1.165, 1.54) is 0 Å². The Morgan fingerprint density at radius 2 is 1.71 bits per heavy atom. The molecule has 4 rings (SSSR count). The van der Waals surface area contributed by atoms with Gasteiger partial charge in [-0.3, -0.25) is 9.59 Å². The number of carbonyl (C=O) groups excluding carboxylic acids is 2. The molecule has 7 nitrogen and oxygen atoms in total. The average Bonchev–Trinajstić information content (AvgIpc) is 3.30. The molecule has 1 aromatic heterocycles. The summed E-state index contributed by atoms with van der Waals surface area (Å²) in [6.45, 7) is 3.18. The maximum Gasteiger partial charge on any atom is 0.267 e. The summed E-state index contributed by atoms with van der Waals surface area (Å²) in [4.78, 5) is 26.4. The molecule has 0 aliphatic carbocycles. The van der Waals surface area contributed by atoms with Gasteiger partial charge < -0.3 is 24.7 Å². The fourth-order valence-corrected chi connectivity index (χ4v) is 4.47. The van der Waals surface area contributed by atoms with Crippen LogP contribution < -0.4 is 20.1 Å². The molecule has 2 amide bonds. The number of ether oxygens (including phenoxy) is 2. The summed E-state index contributed by atoms with van der Waals surface area (Å²) in [6.07, 6.45) is 4.24. The third-order valence-electron chi connectivity index (χ3n) is 6.22. The number of rotatable bonds is 10. The van der Waals surface area contributed by atoms with Crippen LogP contribution in [0.4, 0.5) is 0 Å². The van der Waals surface area contributed by atoms with Crippen LogP contribution in [0.15, 0.2) is 78.6 Å². The first kappa shape index (κ1) is 26.8. The normalized spacial score (nSPS) is 11.3. The number of benzene rings is 3. The molecule has 0 saturated carbocycles. The van der Waals surface area contributed by atoms with E-state index in [0.717, 1.165) is 28.6 Å². The minimum atomic E-state index is -0.462. The van der Waals surface area contributed by atoms with Crippen LogP contribution in [0.1, 0.15) is 28.4 Å². The number of methoxy groups -OCH3 is 2. The largest absolute Gasteiger partial charge is 0.493 e. The van der Waals surface area contributed by atoms with Gasteiger partial charge in [-0.15, -0.1) is 0 Å². The smallest absolute Gasteiger partial charge is 0.267 e. The summed E-state index contributed by atoms with van der Waals surface area (Å²) in [5, 5.41) is 6.99. The number of carbonyl (C=O) groups is 2. The molecule has 1 heterocycles. The number of aromatic nitrogens is 1. The van der Waals surface area contributed by atoms with Crippen molar-refractivity contribution in [3.05, 3.63) is 100 Å². The topological polar surface area (TPSA) is 81.6 Å². The van der Waals surface area contributed by atoms with Crippen molar-refractivity contribution in [1.29, 1.82) is 0 Å². The zero-order valence-corrected chi connectivity index (χ0v) is 22.3. The van der Waals surface area contributed by atoms with E-state index in [1.807, 2.05) is 48.7 Å². The fourth-order valence-electron chi connectivity index (χ4n) is 4.25. The number of fused-ring (bicyclic) bond motifs is 1. The van der Waals surface area contributed by atoms with E-state index in [1.54, 1.807) is 44.6 Å². The van der Waals surface area contributed by atoms with E-state index in [2.05, 4.69) is 22.1 Å². The Bertz CT molecular complexity index is 1490. The van der Waals surface area contributed by atoms with E-state index < -0.39 is 11.8 Å². The Hall–Kier alpha value is -4.23. The Kier molecular flexibility index (Phi) is 8.71. The van der Waals surface area contributed by atoms with Crippen LogP contribution in [0, 0.1) is 0 Å². The Morgan fingerprint density at radius 1 is 0.974 bits per heavy atom. The van der Waals surface area contributed by atoms with Crippen molar-refractivity contribution in [3.8, 4) is 11.5 Å². The predicted octanol–water partition coefficient (Wildman–Crippen LogP) is 5.46. The lowest BCUT2D eigenvalue weighted by atomic mass is 10.1. The van der Waals surface area contributed by atoms with Crippen molar-refractivity contribution in [2.45, 2.75) is 19.9 Å². The fraction of sp³-hybridized carbons (Fsp3) is 0.200. The third kappa shape index (κ3) is 6.01. The van der Waals surface area contributed by atoms with E-state index >= 15 is 0 Å². The number of aryl methyl sites for hydroxylation is 1. The zero-order chi connectivity index (χ0) is 27.1. The van der Waals surface area contributed by atoms with Gasteiger partial charge in [0.15, 0.2) is 11.5 Å². The molecule has 0 aliphatic rings. The summed E-state index contributed by atoms with van der Waals surface area (Å²) in [6, 6.07) is 20.3. The van der Waals surface area contributed by atoms with Gasteiger partial charge in [0.25, 0.3) is 11.8 Å². The minimum absolute atomic E-state index is 0.126. The van der Waals surface area contributed by atoms with Gasteiger partial charge in [0.1, 0.15) is 5.70 Å². The molecule has 0 fully saturated rings. The van der Waals surface area contributed by atoms with Gasteiger partial charge in [0.2, 0.25) is 0 Å². The number of nitrogens with zero attached hydrogens (tertiary/aromatic N) is 1. The van der Waals surface area contributed by atoms with Crippen molar-refractivity contribution < 1.29 is 19.1 Å². The number of nitrogens with one attached hydrogen (secondary N) is 2. The Morgan fingerprint density at radius 3 is 2.45 bits per heavy atom. The van der Waals surface area contributed by atoms with Crippen LogP contribution in [0.2, 0.25) is 5.02 Å². The summed E-state index contributed by atoms with van der Waals surface area (Å²) >= 11 is 6.24. The first-order chi connectivity index (χ1) is 18.4. The molecule has 0 aliphatic heterocycles. The number of hydrogen-bond acceptors (Lipinski definition) is 4. The molecule has 0 atom stereocenters. The van der Waals surface area contributed by atoms with Crippen LogP contribution in [0.25, 0.3) is 17.0 Å². The number of para-hydroxylation sites is 1. The van der Waals surface area contributed by atoms with Crippen molar-refractivity contribution in [2.75, 3.05) is 20.8 Å². The standard InChI is InChI=1S/C30H30ClN3O4/c1-4-34-19-21(22-9-6-8-12-26(22)34)18-25(33-29(35)23-10-5-7-11-24(23)31)30(36)32-16-15-20-13-14-27(37-2)28(17-20)38-3/h5-14,17-19H,4,15-16H2,1-3H3,(H,32,36)(H,33,35)/b25-18-. The molecule has 0 bridgehead atoms. The molecule has 0 spiro atoms. The van der Waals surface area contributed by atoms with Crippen LogP contribution in [-0.4, -0.2) is 37.1 Å². The monoisotopic (exact) mass is 531 g/mol. The second kappa shape index (κ2) is 12.3. The molecule has 0 saturated heterocycles. The second-order valence-electron chi connectivity index (χ2n) is 8.57. The lowest BCUT2D eigenvalue weighted by Crippen LogP contribution is -2.35. The summed E-state index contributed by atoms with van der Waals surface area (Å²) in [5.74, 6) is 0.394. The van der Waals surface area contributed by atoms with E-state index in [-0.39, 0.29) is 11.3 Å². The lowest BCUT2D eigenvalue weighted by molar-refractivity contribution is -0.117. The highest BCUT2D eigenvalue weighted by Gasteiger charge is 2.18. The second-order valence-corrected chi connectivity index (χ2v) is 8.98. The summed E-state index contributed by atoms with van der Waals surface area (Å²) < 4.78 is 12.8. The highest BCUT2D eigenvalue weighted by molar-refractivity contribution is 6.34. The lowest BCUT2D eigenvalue weighted by Gasteiger charge is -2.13. The summed E-state index contributed by atoms with van der Waals surface area (Å²) in [5.41, 5.74) is 3.26. The van der Waals surface area contributed by atoms with Gasteiger partial charge in [-0.2, -0.15) is 0 Å². The average molecular weight is 532 g/mol. The van der Waals surface area contributed by atoms with Crippen molar-refractivity contribution in [2.24, 2.45) is 0 Å². The molecule has 196 valence electrons. The minimum Gasteiger partial charge on any atom is -0.493 e. The molecule has 4 aromatic rings. The van der Waals surface area contributed by atoms with Gasteiger partial charge in [0.05, 0.1) is 24.8 Å². The first-order valence-electron chi connectivity index (χ1n) is 12.3. The maximum atomic E-state index is 13.3. The number of halogens is 1. The molecule has 2 N–H and O–H groups in total. The van der Waals surface area contributed by atoms with E-state index in [9.17, 15) is 9.59 Å². The van der Waals surface area contributed by atoms with E-state index in [4.69, 9.17) is 21.1 Å². The summed E-state index contributed by atoms with van der Waals surface area (Å²) in [7, 11) is 3.16. The van der Waals surface area contributed by atoms with E-state index in [0.29, 0.717) is 29.5 Å². The molecule has 3 aromatic carbocycles. The van der Waals surface area contributed by atoms with Crippen molar-refractivity contribution in [3.63, 3.8) is 0 Å². The highest BCUT2D eigenvalue weighted by Crippen LogP contribution is 2.28. The van der Waals surface area contributed by atoms with Gasteiger partial charge in [-0.25, -0.2) is 0 Å². The van der Waals surface area contributed by atoms with Gasteiger partial charge >= 0.3 is 0 Å². The molecule has 38 heavy (non-hydrogen) atoms. The molecular weight excluding hydrogens is 502 g/mol. The Labute approximate surface area is 227 Å². The molecule has 0 radical (unpaired) electrons. The van der Waals surface area contributed by atoms with Gasteiger partial charge in [-0.1, -0.05) is 48.0 Å². The van der Waals surface area contributed by atoms with Crippen LogP contribution in [0.3, 0.4) is 0 Å². The van der Waals surface area contributed by atoms with Crippen LogP contribution in [-0.2, 0) is 17.8 Å². The molecular formula is C30H30ClN3O4. The van der Waals surface area contributed by atoms with Crippen LogP contribution in [0.5, 0.6) is 11.5 Å². The number of amides is 2. The number of hydrogen-bond donors (Lipinski definition) is 2. The van der Waals surface area contributed by atoms with Gasteiger partial charge in [-0.05, 0) is 55.3 Å². The Balaban J connectivity index is 1.59. The third-order valence-corrected chi connectivity index (χ3v) is 6.55. The quantitative estimate of drug-likeness (QED) is 0.266. The predicted molar refractivity (Wildman–Crippen MR) is 151 cm³/mol. The first-order valence-corrected chi connectivity index (χ1v) is 12.7. The zero-order valence-electron chi connectivity index (χ0n) is 21.6.